The molecule has 0 amide bonds. The van der Waals surface area contributed by atoms with Gasteiger partial charge < -0.3 is 14.4 Å². The molecule has 0 bridgehead atoms. The number of benzene rings is 1. The van der Waals surface area contributed by atoms with Gasteiger partial charge in [0.15, 0.2) is 0 Å². The maximum Gasteiger partial charge on any atom is 0.309 e. The smallest absolute Gasteiger partial charge is 0.309 e. The molecule has 154 valence electrons. The zero-order chi connectivity index (χ0) is 20.8. The van der Waals surface area contributed by atoms with Crippen LogP contribution in [0.1, 0.15) is 69.7 Å². The summed E-state index contributed by atoms with van der Waals surface area (Å²) in [6.45, 7) is 11.0. The lowest BCUT2D eigenvalue weighted by atomic mass is 9.89. The van der Waals surface area contributed by atoms with Crippen LogP contribution in [-0.4, -0.2) is 27.2 Å². The van der Waals surface area contributed by atoms with Crippen LogP contribution in [-0.2, 0) is 23.0 Å². The minimum absolute atomic E-state index is 0.0373. The number of aryl methyl sites for hydroxylation is 1. The van der Waals surface area contributed by atoms with Gasteiger partial charge in [0.05, 0.1) is 18.9 Å². The molecule has 0 radical (unpaired) electrons. The number of imidazole rings is 1. The number of carbonyl (C=O) groups is 1. The zero-order valence-corrected chi connectivity index (χ0v) is 18.0. The normalized spacial score (nSPS) is 18.9. The second-order valence-electron chi connectivity index (χ2n) is 8.20. The molecule has 1 aliphatic rings. The molecule has 5 nitrogen and oxygen atoms in total. The Labute approximate surface area is 168 Å². The van der Waals surface area contributed by atoms with E-state index < -0.39 is 0 Å². The number of para-hydroxylation sites is 1. The van der Waals surface area contributed by atoms with Gasteiger partial charge in [-0.1, -0.05) is 52.8 Å². The summed E-state index contributed by atoms with van der Waals surface area (Å²) in [6, 6.07) is 6.00. The van der Waals surface area contributed by atoms with Crippen molar-refractivity contribution < 1.29 is 14.6 Å². The van der Waals surface area contributed by atoms with Crippen LogP contribution in [0.3, 0.4) is 0 Å². The lowest BCUT2D eigenvalue weighted by Crippen LogP contribution is -2.18. The van der Waals surface area contributed by atoms with E-state index in [4.69, 9.17) is 4.74 Å². The van der Waals surface area contributed by atoms with E-state index in [2.05, 4.69) is 32.7 Å². The predicted octanol–water partition coefficient (Wildman–Crippen LogP) is 4.80. The van der Waals surface area contributed by atoms with Crippen LogP contribution in [0.5, 0.6) is 5.75 Å². The van der Waals surface area contributed by atoms with Crippen molar-refractivity contribution in [3.8, 4) is 5.75 Å². The maximum atomic E-state index is 11.4. The zero-order valence-electron chi connectivity index (χ0n) is 18.0. The van der Waals surface area contributed by atoms with Gasteiger partial charge in [-0.2, -0.15) is 0 Å². The van der Waals surface area contributed by atoms with Gasteiger partial charge >= 0.3 is 5.97 Å². The van der Waals surface area contributed by atoms with E-state index in [-0.39, 0.29) is 11.9 Å². The molecule has 1 aromatic carbocycles. The van der Waals surface area contributed by atoms with Gasteiger partial charge in [-0.05, 0) is 35.8 Å². The van der Waals surface area contributed by atoms with Crippen LogP contribution >= 0.6 is 0 Å². The topological polar surface area (TPSA) is 64.3 Å². The minimum atomic E-state index is -0.0373. The number of phenols is 1. The number of ether oxygens (including phenoxy) is 1. The first kappa shape index (κ1) is 22.0. The number of phenolic OH excluding ortho intramolecular Hbond substituents is 1. The van der Waals surface area contributed by atoms with Gasteiger partial charge in [0, 0.05) is 24.9 Å². The molecular weight excluding hydrogens is 352 g/mol. The molecule has 0 saturated carbocycles. The van der Waals surface area contributed by atoms with Crippen molar-refractivity contribution in [1.82, 2.24) is 9.55 Å². The highest BCUT2D eigenvalue weighted by Gasteiger charge is 2.35. The van der Waals surface area contributed by atoms with Crippen molar-refractivity contribution in [2.75, 3.05) is 6.61 Å². The number of hydrogen-bond acceptors (Lipinski definition) is 4. The largest absolute Gasteiger partial charge is 0.507 e. The summed E-state index contributed by atoms with van der Waals surface area (Å²) in [5, 5.41) is 9.93. The van der Waals surface area contributed by atoms with Gasteiger partial charge in [-0.25, -0.2) is 4.98 Å². The number of nitrogens with zero attached hydrogens (tertiary/aromatic N) is 2. The molecule has 0 unspecified atom stereocenters. The van der Waals surface area contributed by atoms with Gasteiger partial charge in [0.1, 0.15) is 5.75 Å². The van der Waals surface area contributed by atoms with E-state index in [1.807, 2.05) is 42.9 Å². The van der Waals surface area contributed by atoms with Crippen molar-refractivity contribution >= 4 is 5.97 Å². The SMILES string of the molecule is CC(C)c1cccc(C(C)C)c1O.CC[C@@H]1C(=O)OC[C@@H]1Cc1cncn1C. The number of rotatable bonds is 5. The molecule has 2 atom stereocenters. The van der Waals surface area contributed by atoms with Crippen molar-refractivity contribution in [2.24, 2.45) is 18.9 Å². The summed E-state index contributed by atoms with van der Waals surface area (Å²) in [5.74, 6) is 1.60. The highest BCUT2D eigenvalue weighted by Crippen LogP contribution is 2.32. The molecule has 3 rings (SSSR count). The molecule has 2 aromatic rings. The third-order valence-corrected chi connectivity index (χ3v) is 5.48. The average Bonchev–Trinajstić information content (AvgIpc) is 3.21. The van der Waals surface area contributed by atoms with Crippen LogP contribution in [0.2, 0.25) is 0 Å². The Bertz CT molecular complexity index is 754. The van der Waals surface area contributed by atoms with Crippen LogP contribution in [0, 0.1) is 11.8 Å². The third-order valence-electron chi connectivity index (χ3n) is 5.48. The summed E-state index contributed by atoms with van der Waals surface area (Å²) in [4.78, 5) is 15.5. The van der Waals surface area contributed by atoms with Crippen LogP contribution in [0.15, 0.2) is 30.7 Å². The van der Waals surface area contributed by atoms with Crippen molar-refractivity contribution in [2.45, 2.75) is 59.3 Å². The van der Waals surface area contributed by atoms with Crippen LogP contribution < -0.4 is 0 Å². The molecule has 2 heterocycles. The molecule has 1 aromatic heterocycles. The number of aromatic hydroxyl groups is 1. The summed E-state index contributed by atoms with van der Waals surface area (Å²) < 4.78 is 7.08. The maximum absolute atomic E-state index is 11.4. The monoisotopic (exact) mass is 386 g/mol. The third kappa shape index (κ3) is 5.15. The summed E-state index contributed by atoms with van der Waals surface area (Å²) in [7, 11) is 1.97. The van der Waals surface area contributed by atoms with E-state index in [0.29, 0.717) is 30.1 Å². The van der Waals surface area contributed by atoms with Crippen molar-refractivity contribution in [3.05, 3.63) is 47.5 Å². The fraction of sp³-hybridized carbons (Fsp3) is 0.565. The summed E-state index contributed by atoms with van der Waals surface area (Å²) >= 11 is 0. The lowest BCUT2D eigenvalue weighted by Gasteiger charge is -2.14. The molecule has 1 N–H and O–H groups in total. The number of esters is 1. The number of cyclic esters (lactones) is 1. The quantitative estimate of drug-likeness (QED) is 0.750. The van der Waals surface area contributed by atoms with Gasteiger partial charge in [0.25, 0.3) is 0 Å². The highest BCUT2D eigenvalue weighted by molar-refractivity contribution is 5.74. The van der Waals surface area contributed by atoms with E-state index in [9.17, 15) is 9.90 Å². The highest BCUT2D eigenvalue weighted by atomic mass is 16.5. The molecule has 1 saturated heterocycles. The Hall–Kier alpha value is -2.30. The molecule has 5 heteroatoms. The van der Waals surface area contributed by atoms with Gasteiger partial charge in [-0.3, -0.25) is 4.79 Å². The first-order valence-electron chi connectivity index (χ1n) is 10.2. The number of carbonyl (C=O) groups excluding carboxylic acids is 1. The van der Waals surface area contributed by atoms with Crippen molar-refractivity contribution in [3.63, 3.8) is 0 Å². The first-order valence-corrected chi connectivity index (χ1v) is 10.2. The van der Waals surface area contributed by atoms with Crippen molar-refractivity contribution in [1.29, 1.82) is 0 Å². The summed E-state index contributed by atoms with van der Waals surface area (Å²) in [6.07, 6.45) is 5.38. The van der Waals surface area contributed by atoms with E-state index >= 15 is 0 Å². The Morgan fingerprint density at radius 1 is 1.21 bits per heavy atom. The Morgan fingerprint density at radius 2 is 1.82 bits per heavy atom. The fourth-order valence-electron chi connectivity index (χ4n) is 3.67. The Kier molecular flexibility index (Phi) is 7.67. The predicted molar refractivity (Wildman–Crippen MR) is 111 cm³/mol. The molecule has 1 fully saturated rings. The molecule has 0 spiro atoms. The van der Waals surface area contributed by atoms with E-state index in [1.54, 1.807) is 6.33 Å². The minimum Gasteiger partial charge on any atom is -0.507 e. The Balaban J connectivity index is 0.000000203. The summed E-state index contributed by atoms with van der Waals surface area (Å²) in [5.41, 5.74) is 3.26. The standard InChI is InChI=1S/C12H18O.C11H16N2O2/c1-8(2)10-6-5-7-11(9(3)4)12(10)13;1-3-10-8(6-15-11(10)14)4-9-5-12-7-13(9)2/h5-9,13H,1-4H3;5,7-8,10H,3-4,6H2,1-2H3/t;8-,10-/m.0/s1. The number of hydrogen-bond donors (Lipinski definition) is 1. The first-order chi connectivity index (χ1) is 13.3. The second-order valence-corrected chi connectivity index (χ2v) is 8.20. The average molecular weight is 387 g/mol. The van der Waals surface area contributed by atoms with E-state index in [1.165, 1.54) is 0 Å². The Morgan fingerprint density at radius 3 is 2.29 bits per heavy atom. The molecule has 28 heavy (non-hydrogen) atoms. The van der Waals surface area contributed by atoms with Gasteiger partial charge in [0.2, 0.25) is 0 Å². The van der Waals surface area contributed by atoms with Gasteiger partial charge in [-0.15, -0.1) is 0 Å². The van der Waals surface area contributed by atoms with E-state index in [0.717, 1.165) is 29.7 Å². The van der Waals surface area contributed by atoms with Crippen LogP contribution in [0.4, 0.5) is 0 Å². The lowest BCUT2D eigenvalue weighted by molar-refractivity contribution is -0.141. The molecular formula is C23H34N2O3. The molecule has 0 aliphatic carbocycles. The fourth-order valence-corrected chi connectivity index (χ4v) is 3.67. The number of aromatic nitrogens is 2. The molecule has 1 aliphatic heterocycles. The van der Waals surface area contributed by atoms with Crippen LogP contribution in [0.25, 0.3) is 0 Å². The second kappa shape index (κ2) is 9.76.